The first-order valence-electron chi connectivity index (χ1n) is 4.93. The summed E-state index contributed by atoms with van der Waals surface area (Å²) in [6.07, 6.45) is 1.67. The van der Waals surface area contributed by atoms with Gasteiger partial charge in [0.2, 0.25) is 5.91 Å². The molecule has 2 rings (SSSR count). The molecule has 0 fully saturated rings. The van der Waals surface area contributed by atoms with Crippen LogP contribution in [-0.4, -0.2) is 5.91 Å². The van der Waals surface area contributed by atoms with Crippen molar-refractivity contribution >= 4 is 34.8 Å². The molecule has 1 N–H and O–H groups in total. The molecule has 1 aromatic carbocycles. The quantitative estimate of drug-likeness (QED) is 0.922. The Morgan fingerprint density at radius 3 is 2.47 bits per heavy atom. The highest BCUT2D eigenvalue weighted by Gasteiger charge is 2.10. The van der Waals surface area contributed by atoms with Crippen molar-refractivity contribution in [3.8, 4) is 0 Å². The first-order chi connectivity index (χ1) is 8.16. The summed E-state index contributed by atoms with van der Waals surface area (Å²) < 4.78 is 5.08. The van der Waals surface area contributed by atoms with Crippen LogP contribution >= 0.6 is 23.2 Å². The lowest BCUT2D eigenvalue weighted by Crippen LogP contribution is -2.14. The van der Waals surface area contributed by atoms with Gasteiger partial charge in [-0.25, -0.2) is 0 Å². The average Bonchev–Trinajstić information content (AvgIpc) is 2.76. The van der Waals surface area contributed by atoms with Gasteiger partial charge in [0.25, 0.3) is 0 Å². The first kappa shape index (κ1) is 12.0. The molecule has 0 radical (unpaired) electrons. The Morgan fingerprint density at radius 1 is 1.18 bits per heavy atom. The number of benzene rings is 1. The van der Waals surface area contributed by atoms with Crippen molar-refractivity contribution in [2.24, 2.45) is 0 Å². The van der Waals surface area contributed by atoms with Gasteiger partial charge in [-0.1, -0.05) is 29.3 Å². The number of hydrogen-bond acceptors (Lipinski definition) is 2. The predicted octanol–water partition coefficient (Wildman–Crippen LogP) is 3.77. The van der Waals surface area contributed by atoms with Crippen molar-refractivity contribution in [2.75, 3.05) is 5.32 Å². The molecule has 0 aliphatic rings. The topological polar surface area (TPSA) is 42.2 Å². The standard InChI is InChI=1S/C12H9Cl2NO2/c13-9-4-1-5-10(14)12(9)15-11(16)7-8-3-2-6-17-8/h1-6H,7H2,(H,15,16). The zero-order valence-electron chi connectivity index (χ0n) is 8.74. The molecular formula is C12H9Cl2NO2. The van der Waals surface area contributed by atoms with E-state index in [4.69, 9.17) is 27.6 Å². The minimum Gasteiger partial charge on any atom is -0.469 e. The van der Waals surface area contributed by atoms with E-state index in [1.165, 1.54) is 6.26 Å². The smallest absolute Gasteiger partial charge is 0.232 e. The monoisotopic (exact) mass is 269 g/mol. The summed E-state index contributed by atoms with van der Waals surface area (Å²) in [4.78, 5) is 11.7. The maximum Gasteiger partial charge on any atom is 0.232 e. The highest BCUT2D eigenvalue weighted by molar-refractivity contribution is 6.39. The molecule has 0 spiro atoms. The fourth-order valence-corrected chi connectivity index (χ4v) is 1.86. The molecule has 0 atom stereocenters. The second kappa shape index (κ2) is 5.25. The summed E-state index contributed by atoms with van der Waals surface area (Å²) in [5.41, 5.74) is 0.424. The molecule has 2 aromatic rings. The minimum atomic E-state index is -0.227. The largest absolute Gasteiger partial charge is 0.469 e. The molecule has 3 nitrogen and oxygen atoms in total. The van der Waals surface area contributed by atoms with Crippen LogP contribution in [0, 0.1) is 0 Å². The number of para-hydroxylation sites is 1. The average molecular weight is 270 g/mol. The van der Waals surface area contributed by atoms with Crippen LogP contribution in [0.1, 0.15) is 5.76 Å². The van der Waals surface area contributed by atoms with Gasteiger partial charge < -0.3 is 9.73 Å². The third kappa shape index (κ3) is 3.02. The van der Waals surface area contributed by atoms with Gasteiger partial charge in [-0.15, -0.1) is 0 Å². The lowest BCUT2D eigenvalue weighted by molar-refractivity contribution is -0.115. The van der Waals surface area contributed by atoms with Crippen molar-refractivity contribution in [3.05, 3.63) is 52.4 Å². The van der Waals surface area contributed by atoms with Crippen LogP contribution in [0.25, 0.3) is 0 Å². The van der Waals surface area contributed by atoms with E-state index in [9.17, 15) is 4.79 Å². The van der Waals surface area contributed by atoms with Crippen molar-refractivity contribution in [3.63, 3.8) is 0 Å². The van der Waals surface area contributed by atoms with Gasteiger partial charge in [-0.05, 0) is 24.3 Å². The van der Waals surface area contributed by atoms with Crippen LogP contribution in [-0.2, 0) is 11.2 Å². The highest BCUT2D eigenvalue weighted by atomic mass is 35.5. The second-order valence-electron chi connectivity index (χ2n) is 3.40. The summed E-state index contributed by atoms with van der Waals surface area (Å²) >= 11 is 11.9. The molecule has 1 aromatic heterocycles. The van der Waals surface area contributed by atoms with E-state index < -0.39 is 0 Å². The van der Waals surface area contributed by atoms with Crippen LogP contribution < -0.4 is 5.32 Å². The lowest BCUT2D eigenvalue weighted by atomic mass is 10.2. The van der Waals surface area contributed by atoms with E-state index in [-0.39, 0.29) is 12.3 Å². The number of halogens is 2. The molecule has 0 saturated carbocycles. The third-order valence-electron chi connectivity index (χ3n) is 2.14. The van der Waals surface area contributed by atoms with Crippen molar-refractivity contribution in [2.45, 2.75) is 6.42 Å². The summed E-state index contributed by atoms with van der Waals surface area (Å²) in [6.45, 7) is 0. The van der Waals surface area contributed by atoms with Gasteiger partial charge in [-0.3, -0.25) is 4.79 Å². The van der Waals surface area contributed by atoms with Gasteiger partial charge in [0.1, 0.15) is 5.76 Å². The van der Waals surface area contributed by atoms with Crippen LogP contribution in [0.15, 0.2) is 41.0 Å². The predicted molar refractivity (Wildman–Crippen MR) is 67.5 cm³/mol. The van der Waals surface area contributed by atoms with Crippen LogP contribution in [0.3, 0.4) is 0 Å². The molecule has 1 heterocycles. The van der Waals surface area contributed by atoms with E-state index in [1.807, 2.05) is 0 Å². The number of rotatable bonds is 3. The highest BCUT2D eigenvalue weighted by Crippen LogP contribution is 2.29. The first-order valence-corrected chi connectivity index (χ1v) is 5.68. The number of hydrogen-bond donors (Lipinski definition) is 1. The van der Waals surface area contributed by atoms with E-state index in [0.29, 0.717) is 21.5 Å². The molecule has 0 bridgehead atoms. The van der Waals surface area contributed by atoms with Gasteiger partial charge in [0, 0.05) is 0 Å². The lowest BCUT2D eigenvalue weighted by Gasteiger charge is -2.08. The van der Waals surface area contributed by atoms with E-state index in [0.717, 1.165) is 0 Å². The van der Waals surface area contributed by atoms with E-state index in [1.54, 1.807) is 30.3 Å². The van der Waals surface area contributed by atoms with Gasteiger partial charge in [-0.2, -0.15) is 0 Å². The Morgan fingerprint density at radius 2 is 1.88 bits per heavy atom. The maximum atomic E-state index is 11.7. The molecule has 88 valence electrons. The normalized spacial score (nSPS) is 10.2. The Balaban J connectivity index is 2.08. The molecule has 0 unspecified atom stereocenters. The van der Waals surface area contributed by atoms with Gasteiger partial charge in [0.05, 0.1) is 28.4 Å². The number of carbonyl (C=O) groups excluding carboxylic acids is 1. The maximum absolute atomic E-state index is 11.7. The summed E-state index contributed by atoms with van der Waals surface area (Å²) in [6, 6.07) is 8.50. The number of carbonyl (C=O) groups is 1. The third-order valence-corrected chi connectivity index (χ3v) is 2.77. The van der Waals surface area contributed by atoms with Gasteiger partial charge >= 0.3 is 0 Å². The molecule has 1 amide bonds. The van der Waals surface area contributed by atoms with Crippen LogP contribution in [0.2, 0.25) is 10.0 Å². The SMILES string of the molecule is O=C(Cc1ccco1)Nc1c(Cl)cccc1Cl. The molecule has 17 heavy (non-hydrogen) atoms. The Kier molecular flexibility index (Phi) is 3.71. The molecule has 5 heteroatoms. The molecular weight excluding hydrogens is 261 g/mol. The van der Waals surface area contributed by atoms with E-state index >= 15 is 0 Å². The van der Waals surface area contributed by atoms with Gasteiger partial charge in [0.15, 0.2) is 0 Å². The van der Waals surface area contributed by atoms with Crippen LogP contribution in [0.4, 0.5) is 5.69 Å². The fourth-order valence-electron chi connectivity index (χ4n) is 1.37. The van der Waals surface area contributed by atoms with E-state index in [2.05, 4.69) is 5.32 Å². The molecule has 0 saturated heterocycles. The van der Waals surface area contributed by atoms with Crippen molar-refractivity contribution in [1.29, 1.82) is 0 Å². The Bertz CT molecular complexity index is 503. The number of amides is 1. The van der Waals surface area contributed by atoms with Crippen molar-refractivity contribution < 1.29 is 9.21 Å². The number of anilines is 1. The Labute approximate surface area is 108 Å². The molecule has 0 aliphatic carbocycles. The second-order valence-corrected chi connectivity index (χ2v) is 4.22. The summed E-state index contributed by atoms with van der Waals surface area (Å²) in [5, 5.41) is 3.47. The zero-order valence-corrected chi connectivity index (χ0v) is 10.3. The minimum absolute atomic E-state index is 0.147. The fraction of sp³-hybridized carbons (Fsp3) is 0.0833. The number of nitrogens with one attached hydrogen (secondary N) is 1. The summed E-state index contributed by atoms with van der Waals surface area (Å²) in [7, 11) is 0. The summed E-state index contributed by atoms with van der Waals surface area (Å²) in [5.74, 6) is 0.362. The zero-order chi connectivity index (χ0) is 12.3. The van der Waals surface area contributed by atoms with Crippen LogP contribution in [0.5, 0.6) is 0 Å². The van der Waals surface area contributed by atoms with Crippen molar-refractivity contribution in [1.82, 2.24) is 0 Å². The Hall–Kier alpha value is -1.45. The molecule has 0 aliphatic heterocycles. The number of furan rings is 1.